The molecule has 0 radical (unpaired) electrons. The molecule has 1 fully saturated rings. The monoisotopic (exact) mass is 363 g/mol. The van der Waals surface area contributed by atoms with Gasteiger partial charge >= 0.3 is 0 Å². The maximum absolute atomic E-state index is 5.83. The first-order valence-electron chi connectivity index (χ1n) is 10.8. The largest absolute Gasteiger partial charge is 0.492 e. The third-order valence-corrected chi connectivity index (χ3v) is 4.69. The Labute approximate surface area is 161 Å². The van der Waals surface area contributed by atoms with Crippen LogP contribution in [-0.2, 0) is 13.0 Å². The maximum Gasteiger partial charge on any atom is 0.140 e. The minimum Gasteiger partial charge on any atom is -0.492 e. The van der Waals surface area contributed by atoms with E-state index in [-0.39, 0.29) is 0 Å². The summed E-state index contributed by atoms with van der Waals surface area (Å²) in [6.07, 6.45) is 8.90. The lowest BCUT2D eigenvalue weighted by Gasteiger charge is -2.32. The quantitative estimate of drug-likeness (QED) is 0.647. The second kappa shape index (κ2) is 14.0. The lowest BCUT2D eigenvalue weighted by molar-refractivity contribution is 0.197. The Balaban J connectivity index is 0.00000163. The summed E-state index contributed by atoms with van der Waals surface area (Å²) in [7, 11) is 0. The van der Waals surface area contributed by atoms with Crippen LogP contribution in [0.15, 0.2) is 12.3 Å². The van der Waals surface area contributed by atoms with Crippen LogP contribution in [0.2, 0.25) is 0 Å². The highest BCUT2D eigenvalue weighted by atomic mass is 16.5. The normalized spacial score (nSPS) is 15.4. The molecule has 0 unspecified atom stereocenters. The van der Waals surface area contributed by atoms with Gasteiger partial charge in [0.15, 0.2) is 0 Å². The van der Waals surface area contributed by atoms with Crippen molar-refractivity contribution in [3.8, 4) is 5.75 Å². The predicted molar refractivity (Wildman–Crippen MR) is 112 cm³/mol. The van der Waals surface area contributed by atoms with E-state index in [1.165, 1.54) is 44.5 Å². The number of ether oxygens (including phenoxy) is 1. The summed E-state index contributed by atoms with van der Waals surface area (Å²) in [4.78, 5) is 7.18. The van der Waals surface area contributed by atoms with Crippen molar-refractivity contribution < 1.29 is 4.74 Å². The smallest absolute Gasteiger partial charge is 0.140 e. The molecule has 0 aromatic carbocycles. The van der Waals surface area contributed by atoms with Crippen molar-refractivity contribution in [3.63, 3.8) is 0 Å². The van der Waals surface area contributed by atoms with Gasteiger partial charge in [0.25, 0.3) is 0 Å². The maximum atomic E-state index is 5.83. The molecule has 150 valence electrons. The number of aryl methyl sites for hydroxylation is 1. The number of rotatable bonds is 10. The Morgan fingerprint density at radius 1 is 1.12 bits per heavy atom. The van der Waals surface area contributed by atoms with Gasteiger partial charge in [0.1, 0.15) is 5.75 Å². The van der Waals surface area contributed by atoms with E-state index in [9.17, 15) is 0 Å². The molecular weight excluding hydrogens is 322 g/mol. The summed E-state index contributed by atoms with van der Waals surface area (Å²) < 4.78 is 5.83. The fraction of sp³-hybridized carbons (Fsp3) is 0.773. The fourth-order valence-corrected chi connectivity index (χ4v) is 3.36. The summed E-state index contributed by atoms with van der Waals surface area (Å²) in [6.45, 7) is 15.9. The molecule has 1 aromatic heterocycles. The highest BCUT2D eigenvalue weighted by molar-refractivity contribution is 5.32. The van der Waals surface area contributed by atoms with Gasteiger partial charge in [-0.25, -0.2) is 0 Å². The van der Waals surface area contributed by atoms with Crippen LogP contribution in [0.3, 0.4) is 0 Å². The molecule has 1 aliphatic heterocycles. The van der Waals surface area contributed by atoms with Crippen LogP contribution in [0.5, 0.6) is 5.75 Å². The van der Waals surface area contributed by atoms with Crippen LogP contribution < -0.4 is 10.1 Å². The molecule has 0 spiro atoms. The number of pyridine rings is 1. The van der Waals surface area contributed by atoms with Crippen LogP contribution in [-0.4, -0.2) is 42.2 Å². The van der Waals surface area contributed by atoms with Crippen LogP contribution >= 0.6 is 0 Å². The molecule has 2 heterocycles. The van der Waals surface area contributed by atoms with Crippen molar-refractivity contribution in [2.45, 2.75) is 85.7 Å². The Kier molecular flexibility index (Phi) is 12.3. The first-order chi connectivity index (χ1) is 12.8. The van der Waals surface area contributed by atoms with Gasteiger partial charge in [0.2, 0.25) is 0 Å². The number of nitrogens with zero attached hydrogens (tertiary/aromatic N) is 2. The molecule has 0 atom stereocenters. The molecule has 2 rings (SSSR count). The average molecular weight is 364 g/mol. The molecule has 1 saturated heterocycles. The van der Waals surface area contributed by atoms with Gasteiger partial charge in [0.05, 0.1) is 18.5 Å². The van der Waals surface area contributed by atoms with E-state index in [4.69, 9.17) is 4.74 Å². The molecule has 1 N–H and O–H groups in total. The third-order valence-electron chi connectivity index (χ3n) is 4.69. The van der Waals surface area contributed by atoms with Crippen molar-refractivity contribution in [1.82, 2.24) is 15.2 Å². The van der Waals surface area contributed by atoms with Crippen molar-refractivity contribution in [1.29, 1.82) is 0 Å². The van der Waals surface area contributed by atoms with Crippen LogP contribution in [0.1, 0.15) is 78.0 Å². The van der Waals surface area contributed by atoms with Gasteiger partial charge in [-0.3, -0.25) is 4.98 Å². The van der Waals surface area contributed by atoms with Crippen LogP contribution in [0.25, 0.3) is 0 Å². The molecule has 4 heteroatoms. The zero-order chi connectivity index (χ0) is 19.2. The standard InChI is InChI=1S/C20H35N3O.C2H6/c1-4-7-17-14-19(22-16-20(17)24-13-6-3)15-21-18-8-11-23(10-5-2)12-9-18;1-2/h14,16,18,21H,4-13,15H2,1-3H3;1-2H3. The Bertz CT molecular complexity index is 470. The van der Waals surface area contributed by atoms with E-state index in [1.54, 1.807) is 0 Å². The molecule has 0 saturated carbocycles. The second-order valence-corrected chi connectivity index (χ2v) is 6.88. The lowest BCUT2D eigenvalue weighted by Crippen LogP contribution is -2.42. The average Bonchev–Trinajstić information content (AvgIpc) is 2.69. The lowest BCUT2D eigenvalue weighted by atomic mass is 10.0. The number of piperidine rings is 1. The van der Waals surface area contributed by atoms with E-state index in [0.29, 0.717) is 6.04 Å². The summed E-state index contributed by atoms with van der Waals surface area (Å²) in [5.74, 6) is 0.968. The van der Waals surface area contributed by atoms with E-state index >= 15 is 0 Å². The molecule has 0 amide bonds. The van der Waals surface area contributed by atoms with Crippen molar-refractivity contribution in [2.24, 2.45) is 0 Å². The van der Waals surface area contributed by atoms with Gasteiger partial charge in [-0.15, -0.1) is 0 Å². The third kappa shape index (κ3) is 8.05. The fourth-order valence-electron chi connectivity index (χ4n) is 3.36. The van der Waals surface area contributed by atoms with E-state index in [1.807, 2.05) is 20.0 Å². The molecule has 0 aliphatic carbocycles. The predicted octanol–water partition coefficient (Wildman–Crippen LogP) is 4.81. The summed E-state index contributed by atoms with van der Waals surface area (Å²) in [5.41, 5.74) is 2.44. The van der Waals surface area contributed by atoms with Crippen molar-refractivity contribution in [2.75, 3.05) is 26.2 Å². The molecule has 4 nitrogen and oxygen atoms in total. The van der Waals surface area contributed by atoms with Gasteiger partial charge < -0.3 is 15.0 Å². The van der Waals surface area contributed by atoms with Gasteiger partial charge in [-0.05, 0) is 63.4 Å². The highest BCUT2D eigenvalue weighted by Gasteiger charge is 2.18. The van der Waals surface area contributed by atoms with Gasteiger partial charge in [-0.2, -0.15) is 0 Å². The summed E-state index contributed by atoms with van der Waals surface area (Å²) in [5, 5.41) is 3.70. The molecule has 1 aromatic rings. The molecular formula is C22H41N3O. The number of hydrogen-bond acceptors (Lipinski definition) is 4. The Morgan fingerprint density at radius 3 is 2.46 bits per heavy atom. The second-order valence-electron chi connectivity index (χ2n) is 6.88. The topological polar surface area (TPSA) is 37.4 Å². The van der Waals surface area contributed by atoms with Gasteiger partial charge in [0, 0.05) is 12.6 Å². The van der Waals surface area contributed by atoms with Crippen molar-refractivity contribution >= 4 is 0 Å². The number of likely N-dealkylation sites (tertiary alicyclic amines) is 1. The first kappa shape index (κ1) is 22.9. The summed E-state index contributed by atoms with van der Waals surface area (Å²) >= 11 is 0. The van der Waals surface area contributed by atoms with Crippen molar-refractivity contribution in [3.05, 3.63) is 23.5 Å². The number of aromatic nitrogens is 1. The zero-order valence-corrected chi connectivity index (χ0v) is 17.8. The number of hydrogen-bond donors (Lipinski definition) is 1. The van der Waals surface area contributed by atoms with E-state index < -0.39 is 0 Å². The van der Waals surface area contributed by atoms with E-state index in [0.717, 1.165) is 43.9 Å². The van der Waals surface area contributed by atoms with Gasteiger partial charge in [-0.1, -0.05) is 41.0 Å². The molecule has 26 heavy (non-hydrogen) atoms. The number of nitrogens with one attached hydrogen (secondary N) is 1. The molecule has 1 aliphatic rings. The first-order valence-corrected chi connectivity index (χ1v) is 10.8. The minimum atomic E-state index is 0.630. The highest BCUT2D eigenvalue weighted by Crippen LogP contribution is 2.20. The van der Waals surface area contributed by atoms with E-state index in [2.05, 4.69) is 42.0 Å². The minimum absolute atomic E-state index is 0.630. The Morgan fingerprint density at radius 2 is 1.85 bits per heavy atom. The SMILES string of the molecule is CC.CCCOc1cnc(CNC2CCN(CCC)CC2)cc1CCC. The summed E-state index contributed by atoms with van der Waals surface area (Å²) in [6, 6.07) is 2.86. The Hall–Kier alpha value is -1.13. The zero-order valence-electron chi connectivity index (χ0n) is 17.8. The van der Waals surface area contributed by atoms with Crippen LogP contribution in [0.4, 0.5) is 0 Å². The van der Waals surface area contributed by atoms with Crippen LogP contribution in [0, 0.1) is 0 Å². The molecule has 0 bridgehead atoms.